The summed E-state index contributed by atoms with van der Waals surface area (Å²) in [7, 11) is 0. The number of rotatable bonds is 5. The third-order valence-corrected chi connectivity index (χ3v) is 1.63. The van der Waals surface area contributed by atoms with Gasteiger partial charge in [0.1, 0.15) is 0 Å². The number of amides is 1. The first-order valence-corrected chi connectivity index (χ1v) is 4.55. The van der Waals surface area contributed by atoms with Crippen LogP contribution in [-0.2, 0) is 21.0 Å². The van der Waals surface area contributed by atoms with Crippen LogP contribution in [0.25, 0.3) is 0 Å². The smallest absolute Gasteiger partial charge is 0.328 e. The summed E-state index contributed by atoms with van der Waals surface area (Å²) < 4.78 is 0. The number of carbonyl (C=O) groups excluding carboxylic acids is 1. The molecular formula is C11H11NO4. The number of nitrogens with one attached hydrogen (secondary N) is 1. The molecule has 1 rings (SSSR count). The van der Waals surface area contributed by atoms with E-state index in [1.807, 2.05) is 30.3 Å². The van der Waals surface area contributed by atoms with Gasteiger partial charge in [-0.1, -0.05) is 30.3 Å². The van der Waals surface area contributed by atoms with Crippen LogP contribution in [0.4, 0.5) is 0 Å². The number of aliphatic carboxylic acids is 1. The summed E-state index contributed by atoms with van der Waals surface area (Å²) in [6.07, 6.45) is 1.62. The molecule has 0 aliphatic carbocycles. The van der Waals surface area contributed by atoms with Crippen molar-refractivity contribution < 1.29 is 19.5 Å². The second-order valence-corrected chi connectivity index (χ2v) is 2.91. The fourth-order valence-corrected chi connectivity index (χ4v) is 0.946. The van der Waals surface area contributed by atoms with Gasteiger partial charge in [0.2, 0.25) is 0 Å². The molecule has 0 aromatic heterocycles. The van der Waals surface area contributed by atoms with Gasteiger partial charge in [-0.2, -0.15) is 0 Å². The molecule has 0 aliphatic rings. The van der Waals surface area contributed by atoms with Gasteiger partial charge in [0.05, 0.1) is 6.61 Å². The molecule has 0 atom stereocenters. The van der Waals surface area contributed by atoms with E-state index in [2.05, 4.69) is 5.48 Å². The summed E-state index contributed by atoms with van der Waals surface area (Å²) in [6.45, 7) is 0.230. The standard InChI is InChI=1S/C11H11NO4/c13-10(6-7-11(14)15)12-16-8-9-4-2-1-3-5-9/h1-7H,8H2,(H,12,13)(H,14,15). The second kappa shape index (κ2) is 6.36. The lowest BCUT2D eigenvalue weighted by Crippen LogP contribution is -2.21. The molecule has 84 valence electrons. The molecule has 0 bridgehead atoms. The van der Waals surface area contributed by atoms with E-state index in [0.29, 0.717) is 0 Å². The van der Waals surface area contributed by atoms with Gasteiger partial charge in [0, 0.05) is 12.2 Å². The predicted molar refractivity (Wildman–Crippen MR) is 56.1 cm³/mol. The highest BCUT2D eigenvalue weighted by atomic mass is 16.6. The number of benzene rings is 1. The van der Waals surface area contributed by atoms with Crippen LogP contribution >= 0.6 is 0 Å². The molecule has 0 saturated heterocycles. The Labute approximate surface area is 92.3 Å². The van der Waals surface area contributed by atoms with E-state index in [9.17, 15) is 9.59 Å². The van der Waals surface area contributed by atoms with Gasteiger partial charge in [0.25, 0.3) is 5.91 Å². The van der Waals surface area contributed by atoms with Crippen LogP contribution < -0.4 is 5.48 Å². The normalized spacial score (nSPS) is 10.2. The van der Waals surface area contributed by atoms with Crippen LogP contribution in [0.15, 0.2) is 42.5 Å². The van der Waals surface area contributed by atoms with Gasteiger partial charge in [0.15, 0.2) is 0 Å². The van der Waals surface area contributed by atoms with Gasteiger partial charge in [-0.05, 0) is 5.56 Å². The summed E-state index contributed by atoms with van der Waals surface area (Å²) in [4.78, 5) is 25.9. The van der Waals surface area contributed by atoms with Crippen molar-refractivity contribution in [1.82, 2.24) is 5.48 Å². The Bertz CT molecular complexity index is 386. The van der Waals surface area contributed by atoms with Crippen LogP contribution in [0.2, 0.25) is 0 Å². The predicted octanol–water partition coefficient (Wildman–Crippen LogP) is 0.875. The van der Waals surface area contributed by atoms with Gasteiger partial charge < -0.3 is 5.11 Å². The highest BCUT2D eigenvalue weighted by molar-refractivity contribution is 5.93. The largest absolute Gasteiger partial charge is 0.478 e. The lowest BCUT2D eigenvalue weighted by molar-refractivity contribution is -0.133. The van der Waals surface area contributed by atoms with E-state index in [4.69, 9.17) is 9.94 Å². The number of carboxylic acid groups (broad SMARTS) is 1. The van der Waals surface area contributed by atoms with Crippen molar-refractivity contribution in [3.05, 3.63) is 48.0 Å². The molecule has 0 saturated carbocycles. The SMILES string of the molecule is O=C(O)C=CC(=O)NOCc1ccccc1. The monoisotopic (exact) mass is 221 g/mol. The molecule has 1 amide bonds. The number of hydrogen-bond acceptors (Lipinski definition) is 3. The summed E-state index contributed by atoms with van der Waals surface area (Å²) in [5.41, 5.74) is 3.00. The Morgan fingerprint density at radius 1 is 1.25 bits per heavy atom. The van der Waals surface area contributed by atoms with Crippen LogP contribution in [0.5, 0.6) is 0 Å². The van der Waals surface area contributed by atoms with E-state index >= 15 is 0 Å². The quantitative estimate of drug-likeness (QED) is 0.571. The number of hydroxylamine groups is 1. The Balaban J connectivity index is 2.26. The summed E-state index contributed by atoms with van der Waals surface area (Å²) in [6, 6.07) is 9.27. The zero-order valence-corrected chi connectivity index (χ0v) is 8.42. The highest BCUT2D eigenvalue weighted by Crippen LogP contribution is 1.98. The number of carboxylic acids is 1. The van der Waals surface area contributed by atoms with Gasteiger partial charge in [-0.15, -0.1) is 0 Å². The maximum Gasteiger partial charge on any atom is 0.328 e. The van der Waals surface area contributed by atoms with Crippen molar-refractivity contribution in [2.24, 2.45) is 0 Å². The van der Waals surface area contributed by atoms with Gasteiger partial charge in [-0.3, -0.25) is 9.63 Å². The summed E-state index contributed by atoms with van der Waals surface area (Å²) >= 11 is 0. The lowest BCUT2D eigenvalue weighted by atomic mass is 10.2. The van der Waals surface area contributed by atoms with Crippen molar-refractivity contribution in [2.45, 2.75) is 6.61 Å². The maximum atomic E-state index is 11.0. The van der Waals surface area contributed by atoms with Crippen LogP contribution in [0.1, 0.15) is 5.56 Å². The Kier molecular flexibility index (Phi) is 4.75. The third-order valence-electron chi connectivity index (χ3n) is 1.63. The molecule has 2 N–H and O–H groups in total. The number of hydrogen-bond donors (Lipinski definition) is 2. The molecule has 0 fully saturated rings. The molecule has 1 aromatic carbocycles. The molecule has 0 heterocycles. The maximum absolute atomic E-state index is 11.0. The topological polar surface area (TPSA) is 75.6 Å². The molecule has 0 aliphatic heterocycles. The van der Waals surface area contributed by atoms with Crippen LogP contribution in [0.3, 0.4) is 0 Å². The molecular weight excluding hydrogens is 210 g/mol. The van der Waals surface area contributed by atoms with Crippen molar-refractivity contribution in [1.29, 1.82) is 0 Å². The first kappa shape index (κ1) is 11.9. The van der Waals surface area contributed by atoms with Crippen LogP contribution in [0, 0.1) is 0 Å². The first-order valence-electron chi connectivity index (χ1n) is 4.55. The molecule has 0 spiro atoms. The van der Waals surface area contributed by atoms with Crippen molar-refractivity contribution in [3.63, 3.8) is 0 Å². The average Bonchev–Trinajstić information content (AvgIpc) is 2.28. The molecule has 16 heavy (non-hydrogen) atoms. The van der Waals surface area contributed by atoms with E-state index in [0.717, 1.165) is 17.7 Å². The Morgan fingerprint density at radius 2 is 1.94 bits per heavy atom. The van der Waals surface area contributed by atoms with Crippen molar-refractivity contribution in [3.8, 4) is 0 Å². The molecule has 0 unspecified atom stereocenters. The first-order chi connectivity index (χ1) is 7.68. The van der Waals surface area contributed by atoms with Gasteiger partial charge in [-0.25, -0.2) is 10.3 Å². The fourth-order valence-electron chi connectivity index (χ4n) is 0.946. The van der Waals surface area contributed by atoms with E-state index in [1.165, 1.54) is 0 Å². The van der Waals surface area contributed by atoms with Crippen molar-refractivity contribution in [2.75, 3.05) is 0 Å². The molecule has 0 radical (unpaired) electrons. The summed E-state index contributed by atoms with van der Waals surface area (Å²) in [5.74, 6) is -1.79. The minimum Gasteiger partial charge on any atom is -0.478 e. The third kappa shape index (κ3) is 4.92. The van der Waals surface area contributed by atoms with E-state index in [1.54, 1.807) is 0 Å². The second-order valence-electron chi connectivity index (χ2n) is 2.91. The zero-order chi connectivity index (χ0) is 11.8. The Morgan fingerprint density at radius 3 is 2.56 bits per heavy atom. The van der Waals surface area contributed by atoms with Gasteiger partial charge >= 0.3 is 5.97 Å². The molecule has 5 heteroatoms. The average molecular weight is 221 g/mol. The van der Waals surface area contributed by atoms with E-state index < -0.39 is 11.9 Å². The van der Waals surface area contributed by atoms with Crippen LogP contribution in [-0.4, -0.2) is 17.0 Å². The molecule has 1 aromatic rings. The fraction of sp³-hybridized carbons (Fsp3) is 0.0909. The summed E-state index contributed by atoms with van der Waals surface area (Å²) in [5, 5.41) is 8.26. The minimum absolute atomic E-state index is 0.230. The van der Waals surface area contributed by atoms with Crippen molar-refractivity contribution >= 4 is 11.9 Å². The van der Waals surface area contributed by atoms with E-state index in [-0.39, 0.29) is 6.61 Å². The minimum atomic E-state index is -1.18. The highest BCUT2D eigenvalue weighted by Gasteiger charge is 1.97. The Hall–Kier alpha value is -2.14. The number of carbonyl (C=O) groups is 2. The lowest BCUT2D eigenvalue weighted by Gasteiger charge is -2.02. The molecule has 5 nitrogen and oxygen atoms in total. The zero-order valence-electron chi connectivity index (χ0n) is 8.42.